The van der Waals surface area contributed by atoms with Gasteiger partial charge in [0.05, 0.1) is 5.60 Å². The molecule has 0 bridgehead atoms. The normalized spacial score (nSPS) is 16.2. The third-order valence-electron chi connectivity index (χ3n) is 3.75. The van der Waals surface area contributed by atoms with Crippen LogP contribution < -0.4 is 5.32 Å². The van der Waals surface area contributed by atoms with Crippen molar-refractivity contribution in [2.45, 2.75) is 66.0 Å². The van der Waals surface area contributed by atoms with Gasteiger partial charge in [-0.1, -0.05) is 31.0 Å². The van der Waals surface area contributed by atoms with E-state index in [0.717, 1.165) is 12.8 Å². The predicted molar refractivity (Wildman–Crippen MR) is 82.6 cm³/mol. The molecule has 0 heterocycles. The van der Waals surface area contributed by atoms with E-state index in [4.69, 9.17) is 0 Å². The van der Waals surface area contributed by atoms with E-state index < -0.39 is 5.60 Å². The van der Waals surface area contributed by atoms with Gasteiger partial charge in [0, 0.05) is 12.6 Å². The maximum absolute atomic E-state index is 10.2. The van der Waals surface area contributed by atoms with E-state index in [1.165, 1.54) is 22.3 Å². The Balaban J connectivity index is 2.76. The molecule has 0 aromatic heterocycles. The van der Waals surface area contributed by atoms with Crippen molar-refractivity contribution in [1.82, 2.24) is 5.32 Å². The smallest absolute Gasteiger partial charge is 0.0743 e. The zero-order valence-corrected chi connectivity index (χ0v) is 13.3. The van der Waals surface area contributed by atoms with E-state index in [9.17, 15) is 5.11 Å². The molecule has 0 amide bonds. The predicted octanol–water partition coefficient (Wildman–Crippen LogP) is 3.81. The first-order valence-corrected chi connectivity index (χ1v) is 7.30. The van der Waals surface area contributed by atoms with Crippen molar-refractivity contribution in [2.75, 3.05) is 6.54 Å². The van der Waals surface area contributed by atoms with Gasteiger partial charge >= 0.3 is 0 Å². The Labute approximate surface area is 118 Å². The Kier molecular flexibility index (Phi) is 5.57. The van der Waals surface area contributed by atoms with Crippen LogP contribution in [-0.4, -0.2) is 17.3 Å². The number of hydrogen-bond donors (Lipinski definition) is 2. The van der Waals surface area contributed by atoms with Crippen molar-refractivity contribution in [3.63, 3.8) is 0 Å². The summed E-state index contributed by atoms with van der Waals surface area (Å²) < 4.78 is 0. The minimum atomic E-state index is -0.616. The van der Waals surface area contributed by atoms with Crippen LogP contribution in [0.1, 0.15) is 61.9 Å². The lowest BCUT2D eigenvalue weighted by molar-refractivity contribution is 0.0476. The van der Waals surface area contributed by atoms with Gasteiger partial charge in [-0.15, -0.1) is 0 Å². The van der Waals surface area contributed by atoms with Crippen molar-refractivity contribution in [3.05, 3.63) is 34.4 Å². The topological polar surface area (TPSA) is 32.3 Å². The highest BCUT2D eigenvalue weighted by atomic mass is 16.3. The Morgan fingerprint density at radius 1 is 1.21 bits per heavy atom. The van der Waals surface area contributed by atoms with Gasteiger partial charge in [0.1, 0.15) is 0 Å². The van der Waals surface area contributed by atoms with Crippen LogP contribution in [0.2, 0.25) is 0 Å². The molecule has 2 nitrogen and oxygen atoms in total. The van der Waals surface area contributed by atoms with Gasteiger partial charge in [0.15, 0.2) is 0 Å². The lowest BCUT2D eigenvalue weighted by atomic mass is 9.94. The molecule has 2 unspecified atom stereocenters. The van der Waals surface area contributed by atoms with E-state index >= 15 is 0 Å². The van der Waals surface area contributed by atoms with Crippen LogP contribution in [0.5, 0.6) is 0 Å². The van der Waals surface area contributed by atoms with E-state index in [-0.39, 0.29) is 6.04 Å². The van der Waals surface area contributed by atoms with E-state index in [2.05, 4.69) is 52.1 Å². The van der Waals surface area contributed by atoms with Crippen LogP contribution in [-0.2, 0) is 0 Å². The maximum atomic E-state index is 10.2. The summed E-state index contributed by atoms with van der Waals surface area (Å²) in [5.41, 5.74) is 4.71. The first kappa shape index (κ1) is 16.2. The number of rotatable bonds is 6. The third-order valence-corrected chi connectivity index (χ3v) is 3.75. The molecule has 0 aliphatic rings. The van der Waals surface area contributed by atoms with E-state index in [1.54, 1.807) is 0 Å². The van der Waals surface area contributed by atoms with Gasteiger partial charge in [-0.3, -0.25) is 0 Å². The first-order chi connectivity index (χ1) is 8.76. The molecule has 0 saturated carbocycles. The van der Waals surface area contributed by atoms with Crippen LogP contribution >= 0.6 is 0 Å². The Morgan fingerprint density at radius 3 is 2.21 bits per heavy atom. The molecule has 0 saturated heterocycles. The molecule has 1 aromatic rings. The molecular formula is C17H29NO. The molecule has 108 valence electrons. The first-order valence-electron chi connectivity index (χ1n) is 7.30. The average Bonchev–Trinajstić information content (AvgIpc) is 2.25. The Hall–Kier alpha value is -0.860. The van der Waals surface area contributed by atoms with Crippen LogP contribution in [0.4, 0.5) is 0 Å². The summed E-state index contributed by atoms with van der Waals surface area (Å²) in [5, 5.41) is 13.7. The molecule has 2 heteroatoms. The van der Waals surface area contributed by atoms with Gasteiger partial charge in [-0.25, -0.2) is 0 Å². The summed E-state index contributed by atoms with van der Waals surface area (Å²) in [6, 6.07) is 4.72. The lowest BCUT2D eigenvalue weighted by Crippen LogP contribution is -2.39. The summed E-state index contributed by atoms with van der Waals surface area (Å²) in [4.78, 5) is 0. The van der Waals surface area contributed by atoms with Gasteiger partial charge in [-0.2, -0.15) is 0 Å². The van der Waals surface area contributed by atoms with Gasteiger partial charge in [0.25, 0.3) is 0 Å². The minimum absolute atomic E-state index is 0.268. The molecular weight excluding hydrogens is 234 g/mol. The number of benzene rings is 1. The monoisotopic (exact) mass is 263 g/mol. The summed E-state index contributed by atoms with van der Waals surface area (Å²) in [5.74, 6) is 0. The zero-order valence-electron chi connectivity index (χ0n) is 13.3. The number of nitrogens with one attached hydrogen (secondary N) is 1. The second kappa shape index (κ2) is 6.53. The molecule has 0 spiro atoms. The number of aryl methyl sites for hydroxylation is 3. The molecule has 0 radical (unpaired) electrons. The summed E-state index contributed by atoms with van der Waals surface area (Å²) in [7, 11) is 0. The molecule has 2 N–H and O–H groups in total. The highest BCUT2D eigenvalue weighted by Crippen LogP contribution is 2.24. The SMILES string of the molecule is CCCC(C)(O)CNC(C)c1c(C)cc(C)cc1C. The van der Waals surface area contributed by atoms with E-state index in [0.29, 0.717) is 6.54 Å². The van der Waals surface area contributed by atoms with Crippen LogP contribution in [0.3, 0.4) is 0 Å². The second-order valence-corrected chi connectivity index (χ2v) is 6.16. The van der Waals surface area contributed by atoms with Crippen molar-refractivity contribution < 1.29 is 5.11 Å². The summed E-state index contributed by atoms with van der Waals surface area (Å²) >= 11 is 0. The quantitative estimate of drug-likeness (QED) is 0.818. The molecule has 0 fully saturated rings. The van der Waals surface area contributed by atoms with Gasteiger partial charge in [-0.05, 0) is 57.7 Å². The Morgan fingerprint density at radius 2 is 1.74 bits per heavy atom. The zero-order chi connectivity index (χ0) is 14.6. The summed E-state index contributed by atoms with van der Waals surface area (Å²) in [6.07, 6.45) is 1.84. The average molecular weight is 263 g/mol. The lowest BCUT2D eigenvalue weighted by Gasteiger charge is -2.27. The highest BCUT2D eigenvalue weighted by molar-refractivity contribution is 5.39. The standard InChI is InChI=1S/C17H29NO/c1-7-8-17(6,19)11-18-15(5)16-13(3)9-12(2)10-14(16)4/h9-10,15,18-19H,7-8,11H2,1-6H3. The van der Waals surface area contributed by atoms with Gasteiger partial charge in [0.2, 0.25) is 0 Å². The van der Waals surface area contributed by atoms with E-state index in [1.807, 2.05) is 6.92 Å². The largest absolute Gasteiger partial charge is 0.389 e. The van der Waals surface area contributed by atoms with Crippen molar-refractivity contribution in [3.8, 4) is 0 Å². The molecule has 19 heavy (non-hydrogen) atoms. The van der Waals surface area contributed by atoms with Crippen molar-refractivity contribution in [2.24, 2.45) is 0 Å². The highest BCUT2D eigenvalue weighted by Gasteiger charge is 2.21. The summed E-state index contributed by atoms with van der Waals surface area (Å²) in [6.45, 7) is 13.3. The molecule has 1 rings (SSSR count). The number of aliphatic hydroxyl groups is 1. The van der Waals surface area contributed by atoms with Gasteiger partial charge < -0.3 is 10.4 Å². The van der Waals surface area contributed by atoms with Crippen molar-refractivity contribution >= 4 is 0 Å². The fraction of sp³-hybridized carbons (Fsp3) is 0.647. The molecule has 1 aromatic carbocycles. The molecule has 0 aliphatic carbocycles. The third kappa shape index (κ3) is 4.63. The fourth-order valence-corrected chi connectivity index (χ4v) is 2.98. The van der Waals surface area contributed by atoms with Crippen molar-refractivity contribution in [1.29, 1.82) is 0 Å². The molecule has 2 atom stereocenters. The van der Waals surface area contributed by atoms with Crippen LogP contribution in [0.25, 0.3) is 0 Å². The van der Waals surface area contributed by atoms with Crippen LogP contribution in [0, 0.1) is 20.8 Å². The molecule has 0 aliphatic heterocycles. The Bertz CT molecular complexity index is 400. The number of hydrogen-bond acceptors (Lipinski definition) is 2. The minimum Gasteiger partial charge on any atom is -0.389 e. The maximum Gasteiger partial charge on any atom is 0.0743 e. The fourth-order valence-electron chi connectivity index (χ4n) is 2.98. The second-order valence-electron chi connectivity index (χ2n) is 6.16. The van der Waals surface area contributed by atoms with Crippen LogP contribution in [0.15, 0.2) is 12.1 Å².